The second-order valence-electron chi connectivity index (χ2n) is 9.23. The minimum absolute atomic E-state index is 0.140. The first-order valence-electron chi connectivity index (χ1n) is 12.1. The Bertz CT molecular complexity index is 1170. The van der Waals surface area contributed by atoms with Gasteiger partial charge in [0.25, 0.3) is 11.9 Å². The molecule has 0 spiro atoms. The van der Waals surface area contributed by atoms with E-state index >= 15 is 0 Å². The highest BCUT2D eigenvalue weighted by Crippen LogP contribution is 2.31. The molecule has 1 aromatic carbocycles. The van der Waals surface area contributed by atoms with Gasteiger partial charge >= 0.3 is 0 Å². The van der Waals surface area contributed by atoms with Gasteiger partial charge in [-0.2, -0.15) is 9.78 Å². The van der Waals surface area contributed by atoms with Crippen molar-refractivity contribution in [3.05, 3.63) is 59.0 Å². The molecule has 1 saturated heterocycles. The number of carbonyl (C=O) groups is 1. The Morgan fingerprint density at radius 3 is 2.85 bits per heavy atom. The average molecular weight is 461 g/mol. The summed E-state index contributed by atoms with van der Waals surface area (Å²) in [7, 11) is 3.77. The van der Waals surface area contributed by atoms with E-state index in [1.54, 1.807) is 18.0 Å². The molecule has 34 heavy (non-hydrogen) atoms. The standard InChI is InChI=1S/C26H32N6O2/c1-31-14-6-10-20(31)12-13-27-25(33)22-16-29-32(23(22)17-34-2)26-28-15-19-9-5-8-18-7-3-4-11-21(18)24(19)30-26/h3-4,7,11,15-16,20H,5-6,8-10,12-14,17H2,1-2H3,(H,27,33). The Labute approximate surface area is 200 Å². The second kappa shape index (κ2) is 10.0. The molecule has 8 heteroatoms. The topological polar surface area (TPSA) is 85.2 Å². The number of ether oxygens (including phenoxy) is 1. The van der Waals surface area contributed by atoms with Crippen LogP contribution in [0.1, 0.15) is 52.9 Å². The largest absolute Gasteiger partial charge is 0.378 e. The van der Waals surface area contributed by atoms with Crippen molar-refractivity contribution >= 4 is 5.91 Å². The molecule has 0 bridgehead atoms. The summed E-state index contributed by atoms with van der Waals surface area (Å²) in [5.41, 5.74) is 5.69. The quantitative estimate of drug-likeness (QED) is 0.583. The van der Waals surface area contributed by atoms with Crippen LogP contribution in [0.3, 0.4) is 0 Å². The van der Waals surface area contributed by atoms with E-state index in [9.17, 15) is 4.79 Å². The van der Waals surface area contributed by atoms with E-state index in [1.165, 1.54) is 18.4 Å². The number of amides is 1. The number of methoxy groups -OCH3 is 1. The van der Waals surface area contributed by atoms with Gasteiger partial charge in [-0.25, -0.2) is 9.97 Å². The molecule has 5 rings (SSSR count). The van der Waals surface area contributed by atoms with Gasteiger partial charge in [0.1, 0.15) is 0 Å². The number of hydrogen-bond donors (Lipinski definition) is 1. The van der Waals surface area contributed by atoms with Crippen LogP contribution in [0, 0.1) is 0 Å². The zero-order valence-corrected chi connectivity index (χ0v) is 20.0. The third kappa shape index (κ3) is 4.48. The number of nitrogens with one attached hydrogen (secondary N) is 1. The van der Waals surface area contributed by atoms with Crippen LogP contribution >= 0.6 is 0 Å². The van der Waals surface area contributed by atoms with Crippen molar-refractivity contribution in [2.24, 2.45) is 0 Å². The zero-order valence-electron chi connectivity index (χ0n) is 20.0. The Hall–Kier alpha value is -3.10. The molecule has 2 aromatic heterocycles. The Kier molecular flexibility index (Phi) is 6.69. The summed E-state index contributed by atoms with van der Waals surface area (Å²) in [5.74, 6) is 0.313. The summed E-state index contributed by atoms with van der Waals surface area (Å²) >= 11 is 0. The lowest BCUT2D eigenvalue weighted by atomic mass is 10.0. The van der Waals surface area contributed by atoms with Crippen LogP contribution in [0.15, 0.2) is 36.7 Å². The number of nitrogens with zero attached hydrogens (tertiary/aromatic N) is 5. The molecule has 3 heterocycles. The minimum atomic E-state index is -0.140. The maximum atomic E-state index is 13.0. The molecule has 1 N–H and O–H groups in total. The van der Waals surface area contributed by atoms with E-state index in [0.29, 0.717) is 29.8 Å². The van der Waals surface area contributed by atoms with Crippen LogP contribution in [-0.2, 0) is 24.2 Å². The first-order chi connectivity index (χ1) is 16.7. The van der Waals surface area contributed by atoms with Gasteiger partial charge in [0.05, 0.1) is 29.8 Å². The molecule has 2 aliphatic rings. The summed E-state index contributed by atoms with van der Waals surface area (Å²) in [6.07, 6.45) is 9.90. The number of carbonyl (C=O) groups excluding carboxylic acids is 1. The lowest BCUT2D eigenvalue weighted by Crippen LogP contribution is -2.32. The molecule has 8 nitrogen and oxygen atoms in total. The molecular weight excluding hydrogens is 428 g/mol. The lowest BCUT2D eigenvalue weighted by molar-refractivity contribution is 0.0945. The fraction of sp³-hybridized carbons (Fsp3) is 0.462. The normalized spacial score (nSPS) is 17.8. The Balaban J connectivity index is 1.41. The number of aromatic nitrogens is 4. The second-order valence-corrected chi connectivity index (χ2v) is 9.23. The van der Waals surface area contributed by atoms with E-state index in [2.05, 4.69) is 45.5 Å². The molecule has 1 unspecified atom stereocenters. The van der Waals surface area contributed by atoms with Crippen LogP contribution in [0.5, 0.6) is 0 Å². The van der Waals surface area contributed by atoms with Crippen molar-refractivity contribution in [1.82, 2.24) is 30.0 Å². The number of aryl methyl sites for hydroxylation is 2. The molecule has 0 saturated carbocycles. The van der Waals surface area contributed by atoms with E-state index in [1.807, 2.05) is 12.3 Å². The van der Waals surface area contributed by atoms with Gasteiger partial charge < -0.3 is 15.0 Å². The van der Waals surface area contributed by atoms with Crippen molar-refractivity contribution in [3.8, 4) is 17.2 Å². The van der Waals surface area contributed by atoms with Crippen molar-refractivity contribution in [2.45, 2.75) is 51.2 Å². The predicted molar refractivity (Wildman–Crippen MR) is 130 cm³/mol. The highest BCUT2D eigenvalue weighted by atomic mass is 16.5. The zero-order chi connectivity index (χ0) is 23.5. The molecule has 1 fully saturated rings. The summed E-state index contributed by atoms with van der Waals surface area (Å²) in [6, 6.07) is 8.95. The fourth-order valence-corrected chi connectivity index (χ4v) is 5.16. The van der Waals surface area contributed by atoms with Gasteiger partial charge in [0.2, 0.25) is 0 Å². The SMILES string of the molecule is COCc1c(C(=O)NCCC2CCCN2C)cnn1-c1ncc2c(n1)-c1ccccc1CCC2. The number of hydrogen-bond acceptors (Lipinski definition) is 6. The highest BCUT2D eigenvalue weighted by Gasteiger charge is 2.24. The average Bonchev–Trinajstić information content (AvgIpc) is 3.40. The molecular formula is C26H32N6O2. The first kappa shape index (κ1) is 22.7. The maximum absolute atomic E-state index is 13.0. The third-order valence-electron chi connectivity index (χ3n) is 7.04. The van der Waals surface area contributed by atoms with Gasteiger partial charge in [-0.3, -0.25) is 4.79 Å². The summed E-state index contributed by atoms with van der Waals surface area (Å²) in [4.78, 5) is 24.9. The highest BCUT2D eigenvalue weighted by molar-refractivity contribution is 5.95. The van der Waals surface area contributed by atoms with E-state index < -0.39 is 0 Å². The number of benzene rings is 1. The summed E-state index contributed by atoms with van der Waals surface area (Å²) in [5, 5.41) is 7.56. The van der Waals surface area contributed by atoms with Crippen molar-refractivity contribution in [1.29, 1.82) is 0 Å². The van der Waals surface area contributed by atoms with Crippen molar-refractivity contribution < 1.29 is 9.53 Å². The molecule has 1 amide bonds. The van der Waals surface area contributed by atoms with Crippen LogP contribution in [0.2, 0.25) is 0 Å². The molecule has 1 aliphatic carbocycles. The van der Waals surface area contributed by atoms with Crippen molar-refractivity contribution in [3.63, 3.8) is 0 Å². The van der Waals surface area contributed by atoms with Gasteiger partial charge in [-0.1, -0.05) is 24.3 Å². The lowest BCUT2D eigenvalue weighted by Gasteiger charge is -2.19. The van der Waals surface area contributed by atoms with E-state index in [4.69, 9.17) is 9.72 Å². The molecule has 178 valence electrons. The Morgan fingerprint density at radius 1 is 1.18 bits per heavy atom. The van der Waals surface area contributed by atoms with Crippen LogP contribution < -0.4 is 5.32 Å². The fourth-order valence-electron chi connectivity index (χ4n) is 5.16. The van der Waals surface area contributed by atoms with Crippen LogP contribution in [-0.4, -0.2) is 63.8 Å². The summed E-state index contributed by atoms with van der Waals surface area (Å²) < 4.78 is 7.06. The molecule has 3 aromatic rings. The van der Waals surface area contributed by atoms with Gasteiger partial charge in [0.15, 0.2) is 0 Å². The van der Waals surface area contributed by atoms with Crippen LogP contribution in [0.25, 0.3) is 17.2 Å². The third-order valence-corrected chi connectivity index (χ3v) is 7.04. The first-order valence-corrected chi connectivity index (χ1v) is 12.1. The van der Waals surface area contributed by atoms with E-state index in [-0.39, 0.29) is 12.5 Å². The predicted octanol–water partition coefficient (Wildman–Crippen LogP) is 3.18. The van der Waals surface area contributed by atoms with Gasteiger partial charge in [0, 0.05) is 31.5 Å². The monoisotopic (exact) mass is 460 g/mol. The van der Waals surface area contributed by atoms with Gasteiger partial charge in [-0.15, -0.1) is 0 Å². The smallest absolute Gasteiger partial charge is 0.254 e. The number of likely N-dealkylation sites (tertiary alicyclic amines) is 1. The Morgan fingerprint density at radius 2 is 2.03 bits per heavy atom. The molecule has 1 atom stereocenters. The summed E-state index contributed by atoms with van der Waals surface area (Å²) in [6.45, 7) is 2.01. The number of fused-ring (bicyclic) bond motifs is 3. The molecule has 0 radical (unpaired) electrons. The van der Waals surface area contributed by atoms with Gasteiger partial charge in [-0.05, 0) is 63.2 Å². The number of rotatable bonds is 7. The minimum Gasteiger partial charge on any atom is -0.378 e. The van der Waals surface area contributed by atoms with Crippen LogP contribution in [0.4, 0.5) is 0 Å². The molecule has 1 aliphatic heterocycles. The maximum Gasteiger partial charge on any atom is 0.254 e. The van der Waals surface area contributed by atoms with Crippen molar-refractivity contribution in [2.75, 3.05) is 27.2 Å². The van der Waals surface area contributed by atoms with E-state index in [0.717, 1.165) is 49.0 Å².